The van der Waals surface area contributed by atoms with Gasteiger partial charge in [-0.3, -0.25) is 0 Å². The quantitative estimate of drug-likeness (QED) is 0.280. The van der Waals surface area contributed by atoms with Gasteiger partial charge >= 0.3 is 0 Å². The summed E-state index contributed by atoms with van der Waals surface area (Å²) in [6.07, 6.45) is 0. The lowest BCUT2D eigenvalue weighted by molar-refractivity contribution is 0.340. The van der Waals surface area contributed by atoms with E-state index in [0.717, 1.165) is 39.5 Å². The summed E-state index contributed by atoms with van der Waals surface area (Å²) in [6, 6.07) is 18.9. The third-order valence-corrected chi connectivity index (χ3v) is 6.39. The van der Waals surface area contributed by atoms with Crippen LogP contribution in [0.5, 0.6) is 5.75 Å². The van der Waals surface area contributed by atoms with Crippen molar-refractivity contribution < 1.29 is 4.74 Å². The Labute approximate surface area is 192 Å². The first-order valence-electron chi connectivity index (χ1n) is 10.5. The van der Waals surface area contributed by atoms with Crippen molar-refractivity contribution >= 4 is 39.0 Å². The average molecular weight is 452 g/mol. The predicted molar refractivity (Wildman–Crippen MR) is 132 cm³/mol. The van der Waals surface area contributed by atoms with Crippen LogP contribution in [-0.2, 0) is 6.54 Å². The van der Waals surface area contributed by atoms with E-state index in [4.69, 9.17) is 21.3 Å². The lowest BCUT2D eigenvalue weighted by Gasteiger charge is -2.29. The monoisotopic (exact) mass is 451 g/mol. The maximum atomic E-state index is 6.38. The SMILES string of the molecule is CCOc1ccc(-c2c(C)sc3nc(Cl)nc(N(Cc4ccccc4)C(C)C)c23)cc1. The fourth-order valence-corrected chi connectivity index (χ4v) is 5.04. The van der Waals surface area contributed by atoms with Crippen LogP contribution < -0.4 is 9.64 Å². The van der Waals surface area contributed by atoms with Crippen molar-refractivity contribution in [3.8, 4) is 16.9 Å². The number of aromatic nitrogens is 2. The van der Waals surface area contributed by atoms with Crippen molar-refractivity contribution in [2.24, 2.45) is 0 Å². The highest BCUT2D eigenvalue weighted by molar-refractivity contribution is 7.19. The minimum atomic E-state index is 0.239. The van der Waals surface area contributed by atoms with Crippen LogP contribution in [0.25, 0.3) is 21.3 Å². The topological polar surface area (TPSA) is 38.3 Å². The molecule has 0 fully saturated rings. The number of ether oxygens (including phenoxy) is 1. The van der Waals surface area contributed by atoms with E-state index in [1.807, 2.05) is 25.1 Å². The number of benzene rings is 2. The average Bonchev–Trinajstić information content (AvgIpc) is 3.08. The summed E-state index contributed by atoms with van der Waals surface area (Å²) in [4.78, 5) is 13.7. The molecule has 160 valence electrons. The number of fused-ring (bicyclic) bond motifs is 1. The van der Waals surface area contributed by atoms with Gasteiger partial charge in [-0.1, -0.05) is 42.5 Å². The molecule has 0 saturated heterocycles. The van der Waals surface area contributed by atoms with Gasteiger partial charge in [0.05, 0.1) is 12.0 Å². The highest BCUT2D eigenvalue weighted by Gasteiger charge is 2.23. The Bertz CT molecular complexity index is 1170. The van der Waals surface area contributed by atoms with Gasteiger partial charge in [-0.25, -0.2) is 4.98 Å². The first kappa shape index (κ1) is 21.6. The van der Waals surface area contributed by atoms with Crippen LogP contribution in [0, 0.1) is 6.92 Å². The Hall–Kier alpha value is -2.63. The lowest BCUT2D eigenvalue weighted by atomic mass is 10.0. The van der Waals surface area contributed by atoms with Crippen molar-refractivity contribution in [3.05, 3.63) is 70.3 Å². The van der Waals surface area contributed by atoms with Gasteiger partial charge in [-0.05, 0) is 62.6 Å². The summed E-state index contributed by atoms with van der Waals surface area (Å²) in [5, 5.41) is 1.33. The predicted octanol–water partition coefficient (Wildman–Crippen LogP) is 7.13. The molecule has 0 bridgehead atoms. The van der Waals surface area contributed by atoms with Crippen molar-refractivity contribution in [2.45, 2.75) is 40.3 Å². The van der Waals surface area contributed by atoms with Crippen LogP contribution in [0.3, 0.4) is 0 Å². The highest BCUT2D eigenvalue weighted by atomic mass is 35.5. The number of thiophene rings is 1. The molecule has 0 spiro atoms. The molecule has 31 heavy (non-hydrogen) atoms. The molecule has 2 heterocycles. The van der Waals surface area contributed by atoms with Crippen LogP contribution in [0.2, 0.25) is 5.28 Å². The van der Waals surface area contributed by atoms with Crippen molar-refractivity contribution in [1.82, 2.24) is 9.97 Å². The Kier molecular flexibility index (Phi) is 6.44. The third-order valence-electron chi connectivity index (χ3n) is 5.23. The molecule has 2 aromatic heterocycles. The maximum Gasteiger partial charge on any atom is 0.225 e. The summed E-state index contributed by atoms with van der Waals surface area (Å²) < 4.78 is 5.62. The minimum absolute atomic E-state index is 0.239. The fourth-order valence-electron chi connectivity index (χ4n) is 3.79. The molecule has 4 aromatic rings. The normalized spacial score (nSPS) is 11.3. The molecule has 0 aliphatic heterocycles. The van der Waals surface area contributed by atoms with Crippen molar-refractivity contribution in [1.29, 1.82) is 0 Å². The van der Waals surface area contributed by atoms with Crippen LogP contribution in [0.1, 0.15) is 31.2 Å². The van der Waals surface area contributed by atoms with Crippen LogP contribution in [-0.4, -0.2) is 22.6 Å². The molecule has 0 aliphatic carbocycles. The zero-order valence-electron chi connectivity index (χ0n) is 18.2. The van der Waals surface area contributed by atoms with Gasteiger partial charge < -0.3 is 9.64 Å². The first-order chi connectivity index (χ1) is 15.0. The van der Waals surface area contributed by atoms with Gasteiger partial charge in [0.2, 0.25) is 5.28 Å². The second-order valence-corrected chi connectivity index (χ2v) is 9.24. The Morgan fingerprint density at radius 3 is 2.39 bits per heavy atom. The molecule has 2 aromatic carbocycles. The van der Waals surface area contributed by atoms with Gasteiger partial charge in [0.1, 0.15) is 16.4 Å². The van der Waals surface area contributed by atoms with E-state index in [2.05, 4.69) is 67.1 Å². The molecule has 4 rings (SSSR count). The Morgan fingerprint density at radius 1 is 1.03 bits per heavy atom. The molecule has 0 radical (unpaired) electrons. The van der Waals surface area contributed by atoms with E-state index in [1.54, 1.807) is 11.3 Å². The Morgan fingerprint density at radius 2 is 1.74 bits per heavy atom. The highest BCUT2D eigenvalue weighted by Crippen LogP contribution is 2.43. The van der Waals surface area contributed by atoms with Crippen molar-refractivity contribution in [2.75, 3.05) is 11.5 Å². The number of rotatable bonds is 7. The number of anilines is 1. The largest absolute Gasteiger partial charge is 0.494 e. The van der Waals surface area contributed by atoms with Crippen molar-refractivity contribution in [3.63, 3.8) is 0 Å². The maximum absolute atomic E-state index is 6.38. The lowest BCUT2D eigenvalue weighted by Crippen LogP contribution is -2.31. The van der Waals surface area contributed by atoms with E-state index < -0.39 is 0 Å². The molecule has 0 amide bonds. The second-order valence-electron chi connectivity index (χ2n) is 7.69. The molecule has 0 N–H and O–H groups in total. The first-order valence-corrected chi connectivity index (χ1v) is 11.7. The van der Waals surface area contributed by atoms with Crippen LogP contribution in [0.15, 0.2) is 54.6 Å². The fraction of sp³-hybridized carbons (Fsp3) is 0.280. The van der Waals surface area contributed by atoms with E-state index in [0.29, 0.717) is 6.61 Å². The molecular formula is C25H26ClN3OS. The number of nitrogens with zero attached hydrogens (tertiary/aromatic N) is 3. The Balaban J connectivity index is 1.88. The summed E-state index contributed by atoms with van der Waals surface area (Å²) in [5.41, 5.74) is 3.52. The molecule has 0 aliphatic rings. The van der Waals surface area contributed by atoms with Gasteiger partial charge in [0.15, 0.2) is 0 Å². The molecule has 4 nitrogen and oxygen atoms in total. The minimum Gasteiger partial charge on any atom is -0.494 e. The second kappa shape index (κ2) is 9.25. The van der Waals surface area contributed by atoms with E-state index in [9.17, 15) is 0 Å². The van der Waals surface area contributed by atoms with Gasteiger partial charge in [-0.2, -0.15) is 4.98 Å². The summed E-state index contributed by atoms with van der Waals surface area (Å²) >= 11 is 8.04. The van der Waals surface area contributed by atoms with E-state index in [-0.39, 0.29) is 11.3 Å². The van der Waals surface area contributed by atoms with Gasteiger partial charge in [0, 0.05) is 23.0 Å². The summed E-state index contributed by atoms with van der Waals surface area (Å²) in [6.45, 7) is 9.89. The smallest absolute Gasteiger partial charge is 0.225 e. The van der Waals surface area contributed by atoms with Gasteiger partial charge in [-0.15, -0.1) is 11.3 Å². The molecule has 0 saturated carbocycles. The summed E-state index contributed by atoms with van der Waals surface area (Å²) in [5.74, 6) is 1.75. The third kappa shape index (κ3) is 4.53. The molecular weight excluding hydrogens is 426 g/mol. The van der Waals surface area contributed by atoms with Gasteiger partial charge in [0.25, 0.3) is 0 Å². The van der Waals surface area contributed by atoms with E-state index >= 15 is 0 Å². The standard InChI is InChI=1S/C25H26ClN3OS/c1-5-30-20-13-11-19(12-14-20)21-17(4)31-24-22(21)23(27-25(26)28-24)29(16(2)3)15-18-9-7-6-8-10-18/h6-14,16H,5,15H2,1-4H3. The van der Waals surface area contributed by atoms with Crippen LogP contribution >= 0.6 is 22.9 Å². The molecule has 6 heteroatoms. The van der Waals surface area contributed by atoms with Crippen LogP contribution in [0.4, 0.5) is 5.82 Å². The number of hydrogen-bond donors (Lipinski definition) is 0. The molecule has 0 atom stereocenters. The number of halogens is 1. The number of hydrogen-bond acceptors (Lipinski definition) is 5. The van der Waals surface area contributed by atoms with E-state index in [1.165, 1.54) is 10.4 Å². The number of aryl methyl sites for hydroxylation is 1. The zero-order chi connectivity index (χ0) is 22.0. The zero-order valence-corrected chi connectivity index (χ0v) is 19.8. The summed E-state index contributed by atoms with van der Waals surface area (Å²) in [7, 11) is 0. The molecule has 0 unspecified atom stereocenters.